The van der Waals surface area contributed by atoms with Crippen molar-refractivity contribution in [2.45, 2.75) is 13.3 Å². The normalized spacial score (nSPS) is 29.7. The summed E-state index contributed by atoms with van der Waals surface area (Å²) in [4.78, 5) is 3.21. The zero-order valence-corrected chi connectivity index (χ0v) is 3.39. The Morgan fingerprint density at radius 1 is 2.29 bits per heavy atom. The molecule has 0 aliphatic carbocycles. The van der Waals surface area contributed by atoms with E-state index in [9.17, 15) is 0 Å². The SMILES string of the molecule is [2H]c1nc([2H])n(C([2H])([2H])C([2H])([2H])[2H])c1[2H]. The molecule has 0 amide bonds. The Kier molecular flexibility index (Phi) is 0.212. The van der Waals surface area contributed by atoms with Crippen LogP contribution in [0.5, 0.6) is 0 Å². The number of nitrogens with zero attached hydrogens (tertiary/aromatic N) is 2. The molecule has 0 N–H and O–H groups in total. The lowest BCUT2D eigenvalue weighted by atomic mass is 10.7. The topological polar surface area (TPSA) is 17.8 Å². The molecule has 0 atom stereocenters. The van der Waals surface area contributed by atoms with Gasteiger partial charge in [-0.15, -0.1) is 0 Å². The molecule has 0 unspecified atom stereocenters. The van der Waals surface area contributed by atoms with E-state index in [0.29, 0.717) is 0 Å². The fourth-order valence-electron chi connectivity index (χ4n) is 0.228. The summed E-state index contributed by atoms with van der Waals surface area (Å²) in [6.45, 7) is -5.93. The van der Waals surface area contributed by atoms with Crippen molar-refractivity contribution >= 4 is 0 Å². The Labute approximate surface area is 54.0 Å². The monoisotopic (exact) mass is 104 g/mol. The predicted molar refractivity (Wildman–Crippen MR) is 27.9 cm³/mol. The summed E-state index contributed by atoms with van der Waals surface area (Å²) in [5.74, 6) is 0. The Bertz CT molecular complexity index is 377. The van der Waals surface area contributed by atoms with Gasteiger partial charge in [-0.3, -0.25) is 0 Å². The fourth-order valence-corrected chi connectivity index (χ4v) is 0.228. The highest BCUT2D eigenvalue weighted by molar-refractivity contribution is 4.72. The predicted octanol–water partition coefficient (Wildman–Crippen LogP) is 0.903. The first-order valence-corrected chi connectivity index (χ1v) is 1.62. The molecule has 0 radical (unpaired) electrons. The molecule has 38 valence electrons. The Morgan fingerprint density at radius 3 is 3.86 bits per heavy atom. The molecule has 0 bridgehead atoms. The molecule has 0 saturated carbocycles. The van der Waals surface area contributed by atoms with Gasteiger partial charge in [-0.05, 0) is 6.85 Å². The lowest BCUT2D eigenvalue weighted by Gasteiger charge is -1.87. The summed E-state index contributed by atoms with van der Waals surface area (Å²) in [6.07, 6.45) is -2.08. The molecule has 0 fully saturated rings. The summed E-state index contributed by atoms with van der Waals surface area (Å²) in [5, 5.41) is 0. The van der Waals surface area contributed by atoms with Crippen LogP contribution in [0, 0.1) is 0 Å². The van der Waals surface area contributed by atoms with Crippen molar-refractivity contribution in [1.82, 2.24) is 9.55 Å². The van der Waals surface area contributed by atoms with Gasteiger partial charge in [0, 0.05) is 25.7 Å². The van der Waals surface area contributed by atoms with Crippen LogP contribution in [0.1, 0.15) is 17.8 Å². The third-order valence-corrected chi connectivity index (χ3v) is 0.480. The molecule has 0 aliphatic rings. The van der Waals surface area contributed by atoms with Gasteiger partial charge in [-0.1, -0.05) is 0 Å². The van der Waals surface area contributed by atoms with Crippen molar-refractivity contribution < 1.29 is 11.0 Å². The van der Waals surface area contributed by atoms with Crippen molar-refractivity contribution in [2.24, 2.45) is 0 Å². The van der Waals surface area contributed by atoms with Crippen molar-refractivity contribution in [3.63, 3.8) is 0 Å². The van der Waals surface area contributed by atoms with Crippen LogP contribution in [0.2, 0.25) is 0 Å². The minimum atomic E-state index is -3.02. The van der Waals surface area contributed by atoms with E-state index in [-0.39, 0.29) is 4.57 Å². The molecule has 1 heterocycles. The van der Waals surface area contributed by atoms with Crippen LogP contribution < -0.4 is 0 Å². The van der Waals surface area contributed by atoms with Gasteiger partial charge in [0.05, 0.1) is 9.04 Å². The minimum Gasteiger partial charge on any atom is -0.338 e. The molecular formula is C5H8N2. The van der Waals surface area contributed by atoms with Gasteiger partial charge >= 0.3 is 0 Å². The number of imidazole rings is 1. The standard InChI is InChI=1S/C5H8N2/c1-2-7-4-3-6-5-7/h3-5H,2H2,1H3/i1D3,2D2,3D,4D,5D. The maximum atomic E-state index is 7.32. The number of hydrogen-bond acceptors (Lipinski definition) is 1. The first-order chi connectivity index (χ1) is 6.59. The van der Waals surface area contributed by atoms with Crippen molar-refractivity contribution in [3.05, 3.63) is 18.6 Å². The molecule has 1 aromatic heterocycles. The van der Waals surface area contributed by atoms with Gasteiger partial charge in [0.15, 0.2) is 0 Å². The third kappa shape index (κ3) is 0.796. The van der Waals surface area contributed by atoms with Crippen LogP contribution in [0.25, 0.3) is 0 Å². The Hall–Kier alpha value is -0.790. The smallest absolute Gasteiger partial charge is 0.104 e. The van der Waals surface area contributed by atoms with Crippen LogP contribution in [0.15, 0.2) is 18.6 Å². The quantitative estimate of drug-likeness (QED) is 0.517. The van der Waals surface area contributed by atoms with Crippen LogP contribution >= 0.6 is 0 Å². The van der Waals surface area contributed by atoms with E-state index in [1.54, 1.807) is 0 Å². The van der Waals surface area contributed by atoms with Gasteiger partial charge < -0.3 is 4.57 Å². The second kappa shape index (κ2) is 1.78. The lowest BCUT2D eigenvalue weighted by molar-refractivity contribution is 0.761. The zero-order valence-electron chi connectivity index (χ0n) is 11.4. The first kappa shape index (κ1) is 0.835. The fraction of sp³-hybridized carbons (Fsp3) is 0.400. The van der Waals surface area contributed by atoms with E-state index in [2.05, 4.69) is 4.98 Å². The second-order valence-corrected chi connectivity index (χ2v) is 0.883. The second-order valence-electron chi connectivity index (χ2n) is 0.883. The molecule has 0 aromatic carbocycles. The van der Waals surface area contributed by atoms with Crippen molar-refractivity contribution in [3.8, 4) is 0 Å². The molecule has 2 heteroatoms. The highest BCUT2D eigenvalue weighted by Gasteiger charge is 1.77. The Balaban J connectivity index is 3.39. The van der Waals surface area contributed by atoms with Gasteiger partial charge in [-0.25, -0.2) is 4.98 Å². The summed E-state index contributed by atoms with van der Waals surface area (Å²) in [7, 11) is 0. The van der Waals surface area contributed by atoms with E-state index in [1.165, 1.54) is 0 Å². The summed E-state index contributed by atoms with van der Waals surface area (Å²) < 4.78 is 57.3. The average molecular weight is 104 g/mol. The lowest BCUT2D eigenvalue weighted by Crippen LogP contribution is -1.85. The maximum Gasteiger partial charge on any atom is 0.104 e. The van der Waals surface area contributed by atoms with Gasteiger partial charge in [-0.2, -0.15) is 0 Å². The Morgan fingerprint density at radius 2 is 3.29 bits per heavy atom. The molecule has 0 saturated heterocycles. The number of rotatable bonds is 1. The summed E-state index contributed by atoms with van der Waals surface area (Å²) in [6, 6.07) is 0. The highest BCUT2D eigenvalue weighted by Crippen LogP contribution is 1.81. The van der Waals surface area contributed by atoms with E-state index >= 15 is 0 Å². The van der Waals surface area contributed by atoms with Crippen molar-refractivity contribution in [2.75, 3.05) is 0 Å². The molecule has 7 heavy (non-hydrogen) atoms. The molecule has 0 spiro atoms. The molecule has 0 aliphatic heterocycles. The van der Waals surface area contributed by atoms with Crippen LogP contribution in [0.3, 0.4) is 0 Å². The average Bonchev–Trinajstić information content (AvgIpc) is 2.24. The van der Waals surface area contributed by atoms with Gasteiger partial charge in [0.25, 0.3) is 0 Å². The number of aromatic nitrogens is 2. The number of hydrogen-bond donors (Lipinski definition) is 0. The van der Waals surface area contributed by atoms with E-state index < -0.39 is 32.0 Å². The van der Waals surface area contributed by atoms with E-state index in [0.717, 1.165) is 0 Å². The van der Waals surface area contributed by atoms with E-state index in [1.807, 2.05) is 0 Å². The third-order valence-electron chi connectivity index (χ3n) is 0.480. The zero-order chi connectivity index (χ0) is 12.0. The van der Waals surface area contributed by atoms with Crippen LogP contribution in [-0.2, 0) is 6.50 Å². The largest absolute Gasteiger partial charge is 0.338 e. The molecule has 1 aromatic rings. The minimum absolute atomic E-state index is 0.280. The summed E-state index contributed by atoms with van der Waals surface area (Å²) in [5.41, 5.74) is 0. The molecule has 1 rings (SSSR count). The maximum absolute atomic E-state index is 7.32. The van der Waals surface area contributed by atoms with Gasteiger partial charge in [0.1, 0.15) is 1.37 Å². The highest BCUT2D eigenvalue weighted by atomic mass is 15.0. The van der Waals surface area contributed by atoms with Crippen molar-refractivity contribution in [1.29, 1.82) is 0 Å². The van der Waals surface area contributed by atoms with E-state index in [4.69, 9.17) is 11.0 Å². The van der Waals surface area contributed by atoms with Crippen LogP contribution in [0.4, 0.5) is 0 Å². The first-order valence-electron chi connectivity index (χ1n) is 5.62. The molecule has 2 nitrogen and oxygen atoms in total. The van der Waals surface area contributed by atoms with Crippen LogP contribution in [-0.4, -0.2) is 9.55 Å². The van der Waals surface area contributed by atoms with Gasteiger partial charge in [0.2, 0.25) is 0 Å². The molecular weight excluding hydrogens is 88.1 g/mol. The summed E-state index contributed by atoms with van der Waals surface area (Å²) >= 11 is 0.